The van der Waals surface area contributed by atoms with E-state index < -0.39 is 16.1 Å². The second-order valence-corrected chi connectivity index (χ2v) is 10.4. The number of aromatic nitrogens is 3. The standard InChI is InChI=1S/C24H29FN6O4S/c1-5-31-16(14-30(2)3)10-22(28-31)36(33,34)29-24(32)27-23-19-8-6-7-18(19)21(25)11-20(23)15-9-17(35-4)13-26-12-15/h9-13H,5-8,14H2,1-4H3,(H2,27,29,32). The lowest BCUT2D eigenvalue weighted by atomic mass is 9.97. The van der Waals surface area contributed by atoms with Gasteiger partial charge in [-0.1, -0.05) is 0 Å². The van der Waals surface area contributed by atoms with Crippen molar-refractivity contribution in [3.05, 3.63) is 53.2 Å². The van der Waals surface area contributed by atoms with E-state index in [1.165, 1.54) is 31.6 Å². The number of carbonyl (C=O) groups is 1. The molecule has 2 heterocycles. The van der Waals surface area contributed by atoms with E-state index in [-0.39, 0.29) is 10.8 Å². The number of methoxy groups -OCH3 is 1. The highest BCUT2D eigenvalue weighted by Gasteiger charge is 2.27. The van der Waals surface area contributed by atoms with Crippen LogP contribution in [0.2, 0.25) is 0 Å². The van der Waals surface area contributed by atoms with Crippen LogP contribution in [-0.2, 0) is 36.0 Å². The molecule has 0 atom stereocenters. The first-order valence-electron chi connectivity index (χ1n) is 11.5. The minimum Gasteiger partial charge on any atom is -0.495 e. The molecule has 1 aromatic carbocycles. The predicted octanol–water partition coefficient (Wildman–Crippen LogP) is 3.17. The predicted molar refractivity (Wildman–Crippen MR) is 133 cm³/mol. The Balaban J connectivity index is 1.66. The molecule has 0 saturated carbocycles. The number of nitrogens with one attached hydrogen (secondary N) is 2. The summed E-state index contributed by atoms with van der Waals surface area (Å²) in [4.78, 5) is 19.0. The fourth-order valence-electron chi connectivity index (χ4n) is 4.38. The van der Waals surface area contributed by atoms with Crippen LogP contribution in [0.25, 0.3) is 11.1 Å². The molecule has 0 saturated heterocycles. The van der Waals surface area contributed by atoms with Gasteiger partial charge < -0.3 is 15.0 Å². The van der Waals surface area contributed by atoms with Crippen LogP contribution in [0.3, 0.4) is 0 Å². The van der Waals surface area contributed by atoms with Gasteiger partial charge in [-0.2, -0.15) is 13.5 Å². The van der Waals surface area contributed by atoms with Crippen molar-refractivity contribution in [3.8, 4) is 16.9 Å². The van der Waals surface area contributed by atoms with Crippen molar-refractivity contribution in [1.29, 1.82) is 0 Å². The van der Waals surface area contributed by atoms with Gasteiger partial charge in [0.15, 0.2) is 5.03 Å². The minimum atomic E-state index is -4.26. The second-order valence-electron chi connectivity index (χ2n) is 8.79. The third kappa shape index (κ3) is 5.19. The molecule has 1 aliphatic carbocycles. The third-order valence-electron chi connectivity index (χ3n) is 5.97. The van der Waals surface area contributed by atoms with Crippen molar-refractivity contribution in [2.24, 2.45) is 0 Å². The summed E-state index contributed by atoms with van der Waals surface area (Å²) in [5, 5.41) is 6.56. The van der Waals surface area contributed by atoms with E-state index in [0.29, 0.717) is 65.3 Å². The Morgan fingerprint density at radius 1 is 1.19 bits per heavy atom. The lowest BCUT2D eigenvalue weighted by molar-refractivity contribution is 0.256. The first kappa shape index (κ1) is 25.6. The third-order valence-corrected chi connectivity index (χ3v) is 7.17. The van der Waals surface area contributed by atoms with Gasteiger partial charge in [0.05, 0.1) is 24.7 Å². The normalized spacial score (nSPS) is 13.1. The van der Waals surface area contributed by atoms with E-state index in [9.17, 15) is 17.6 Å². The molecule has 0 spiro atoms. The minimum absolute atomic E-state index is 0.252. The topological polar surface area (TPSA) is 118 Å². The number of rotatable bonds is 8. The van der Waals surface area contributed by atoms with Crippen LogP contribution in [0.5, 0.6) is 5.75 Å². The number of fused-ring (bicyclic) bond motifs is 1. The lowest BCUT2D eigenvalue weighted by Gasteiger charge is -2.17. The number of hydrogen-bond acceptors (Lipinski definition) is 7. The first-order chi connectivity index (χ1) is 17.1. The number of sulfonamides is 1. The fraction of sp³-hybridized carbons (Fsp3) is 0.375. The number of benzene rings is 1. The molecule has 0 fully saturated rings. The Labute approximate surface area is 209 Å². The molecule has 2 N–H and O–H groups in total. The van der Waals surface area contributed by atoms with Crippen molar-refractivity contribution in [1.82, 2.24) is 24.4 Å². The molecule has 36 heavy (non-hydrogen) atoms. The van der Waals surface area contributed by atoms with E-state index in [4.69, 9.17) is 4.74 Å². The Hall–Kier alpha value is -3.51. The summed E-state index contributed by atoms with van der Waals surface area (Å²) in [7, 11) is 0.964. The smallest absolute Gasteiger partial charge is 0.333 e. The van der Waals surface area contributed by atoms with Gasteiger partial charge in [-0.3, -0.25) is 9.67 Å². The summed E-state index contributed by atoms with van der Waals surface area (Å²) in [5.74, 6) is 0.0869. The van der Waals surface area contributed by atoms with Crippen LogP contribution >= 0.6 is 0 Å². The molecule has 0 unspecified atom stereocenters. The maximum atomic E-state index is 14.9. The number of aryl methyl sites for hydroxylation is 1. The molecule has 3 aromatic rings. The molecular formula is C24H29FN6O4S. The van der Waals surface area contributed by atoms with Crippen molar-refractivity contribution < 1.29 is 22.3 Å². The molecule has 0 bridgehead atoms. The fourth-order valence-corrected chi connectivity index (χ4v) is 5.28. The average molecular weight is 517 g/mol. The van der Waals surface area contributed by atoms with Gasteiger partial charge in [0.2, 0.25) is 0 Å². The summed E-state index contributed by atoms with van der Waals surface area (Å²) in [6, 6.07) is 3.49. The van der Waals surface area contributed by atoms with Gasteiger partial charge in [0.25, 0.3) is 10.0 Å². The monoisotopic (exact) mass is 516 g/mol. The van der Waals surface area contributed by atoms with Crippen molar-refractivity contribution in [2.45, 2.75) is 44.3 Å². The highest BCUT2D eigenvalue weighted by atomic mass is 32.2. The second kappa shape index (κ2) is 10.2. The van der Waals surface area contributed by atoms with Crippen LogP contribution < -0.4 is 14.8 Å². The number of ether oxygens (including phenoxy) is 1. The molecule has 12 heteroatoms. The average Bonchev–Trinajstić information content (AvgIpc) is 3.48. The molecule has 2 aromatic heterocycles. The zero-order chi connectivity index (χ0) is 26.0. The first-order valence-corrected chi connectivity index (χ1v) is 13.0. The number of urea groups is 1. The molecule has 192 valence electrons. The highest BCUT2D eigenvalue weighted by molar-refractivity contribution is 7.90. The number of nitrogens with zero attached hydrogens (tertiary/aromatic N) is 4. The maximum absolute atomic E-state index is 14.9. The summed E-state index contributed by atoms with van der Waals surface area (Å²) in [6.45, 7) is 2.82. The number of pyridine rings is 1. The van der Waals surface area contributed by atoms with E-state index >= 15 is 0 Å². The summed E-state index contributed by atoms with van der Waals surface area (Å²) < 4.78 is 49.7. The SMILES string of the molecule is CCn1nc(S(=O)(=O)NC(=O)Nc2c(-c3cncc(OC)c3)cc(F)c3c2CCC3)cc1CN(C)C. The Bertz CT molecular complexity index is 1400. The number of halogens is 1. The Kier molecular flexibility index (Phi) is 7.27. The summed E-state index contributed by atoms with van der Waals surface area (Å²) in [6.07, 6.45) is 4.86. The summed E-state index contributed by atoms with van der Waals surface area (Å²) in [5.41, 5.74) is 3.12. The number of amides is 2. The van der Waals surface area contributed by atoms with Gasteiger partial charge in [0, 0.05) is 36.5 Å². The number of anilines is 1. The number of hydrogen-bond donors (Lipinski definition) is 2. The zero-order valence-corrected chi connectivity index (χ0v) is 21.4. The maximum Gasteiger partial charge on any atom is 0.333 e. The van der Waals surface area contributed by atoms with E-state index in [1.807, 2.05) is 30.6 Å². The Morgan fingerprint density at radius 2 is 1.94 bits per heavy atom. The molecule has 2 amide bonds. The van der Waals surface area contributed by atoms with Gasteiger partial charge in [-0.25, -0.2) is 13.9 Å². The molecular weight excluding hydrogens is 487 g/mol. The Morgan fingerprint density at radius 3 is 2.64 bits per heavy atom. The molecule has 4 rings (SSSR count). The quantitative estimate of drug-likeness (QED) is 0.472. The molecule has 1 aliphatic rings. The van der Waals surface area contributed by atoms with Crippen molar-refractivity contribution in [3.63, 3.8) is 0 Å². The largest absolute Gasteiger partial charge is 0.495 e. The van der Waals surface area contributed by atoms with E-state index in [1.54, 1.807) is 10.7 Å². The lowest BCUT2D eigenvalue weighted by Crippen LogP contribution is -2.35. The van der Waals surface area contributed by atoms with Crippen LogP contribution in [0.15, 0.2) is 35.6 Å². The molecule has 10 nitrogen and oxygen atoms in total. The summed E-state index contributed by atoms with van der Waals surface area (Å²) >= 11 is 0. The van der Waals surface area contributed by atoms with Crippen LogP contribution in [-0.4, -0.2) is 55.3 Å². The highest BCUT2D eigenvalue weighted by Crippen LogP contribution is 2.39. The van der Waals surface area contributed by atoms with Crippen LogP contribution in [0, 0.1) is 5.82 Å². The van der Waals surface area contributed by atoms with Crippen LogP contribution in [0.4, 0.5) is 14.9 Å². The number of carbonyl (C=O) groups excluding carboxylic acids is 1. The van der Waals surface area contributed by atoms with E-state index in [2.05, 4.69) is 15.4 Å². The van der Waals surface area contributed by atoms with Crippen LogP contribution in [0.1, 0.15) is 30.2 Å². The molecule has 0 aliphatic heterocycles. The van der Waals surface area contributed by atoms with Gasteiger partial charge in [-0.05, 0) is 63.5 Å². The van der Waals surface area contributed by atoms with Gasteiger partial charge >= 0.3 is 6.03 Å². The molecule has 0 radical (unpaired) electrons. The van der Waals surface area contributed by atoms with E-state index in [0.717, 1.165) is 6.42 Å². The van der Waals surface area contributed by atoms with Gasteiger partial charge in [-0.15, -0.1) is 0 Å². The van der Waals surface area contributed by atoms with Crippen molar-refractivity contribution in [2.75, 3.05) is 26.5 Å². The zero-order valence-electron chi connectivity index (χ0n) is 20.6. The van der Waals surface area contributed by atoms with Gasteiger partial charge in [0.1, 0.15) is 11.6 Å². The van der Waals surface area contributed by atoms with Crippen molar-refractivity contribution >= 4 is 21.7 Å².